The first-order chi connectivity index (χ1) is 22.7. The molecule has 2 saturated heterocycles. The second-order valence-electron chi connectivity index (χ2n) is 16.0. The van der Waals surface area contributed by atoms with Gasteiger partial charge in [0, 0.05) is 54.2 Å². The third-order valence-corrected chi connectivity index (χ3v) is 11.9. The van der Waals surface area contributed by atoms with E-state index >= 15 is 0 Å². The summed E-state index contributed by atoms with van der Waals surface area (Å²) in [6.07, 6.45) is 5.82. The number of anilines is 2. The zero-order chi connectivity index (χ0) is 34.8. The lowest BCUT2D eigenvalue weighted by molar-refractivity contribution is 0.530. The minimum atomic E-state index is 0.185. The SMILES string of the molecule is CC(C)(C)c1cc(CCC2CCNC2)ns1.CC(C)(C)c1cc(NCc2ccccc2)ns1.CC(C)(C)c1cnsc1N1CCNCC1. The third-order valence-electron chi connectivity index (χ3n) is 8.60. The van der Waals surface area contributed by atoms with E-state index in [9.17, 15) is 0 Å². The Morgan fingerprint density at radius 1 is 0.792 bits per heavy atom. The lowest BCUT2D eigenvalue weighted by atomic mass is 9.89. The molecule has 3 aromatic heterocycles. The van der Waals surface area contributed by atoms with Gasteiger partial charge in [-0.2, -0.15) is 13.1 Å². The maximum Gasteiger partial charge on any atom is 0.140 e. The van der Waals surface area contributed by atoms with Gasteiger partial charge in [-0.3, -0.25) is 0 Å². The molecule has 2 aliphatic rings. The average molecular weight is 710 g/mol. The van der Waals surface area contributed by atoms with Crippen molar-refractivity contribution in [3.05, 3.63) is 75.2 Å². The molecule has 6 rings (SSSR count). The minimum Gasteiger partial charge on any atom is -0.365 e. The number of benzene rings is 1. The Kier molecular flexibility index (Phi) is 14.0. The van der Waals surface area contributed by atoms with E-state index < -0.39 is 0 Å². The molecule has 5 heterocycles. The van der Waals surface area contributed by atoms with E-state index in [0.29, 0.717) is 0 Å². The van der Waals surface area contributed by atoms with Crippen molar-refractivity contribution < 1.29 is 0 Å². The lowest BCUT2D eigenvalue weighted by Crippen LogP contribution is -2.43. The highest BCUT2D eigenvalue weighted by molar-refractivity contribution is 7.10. The Balaban J connectivity index is 0.000000163. The maximum absolute atomic E-state index is 4.56. The molecule has 0 radical (unpaired) electrons. The van der Waals surface area contributed by atoms with Gasteiger partial charge in [0.2, 0.25) is 0 Å². The smallest absolute Gasteiger partial charge is 0.140 e. The monoisotopic (exact) mass is 709 g/mol. The fourth-order valence-electron chi connectivity index (χ4n) is 5.44. The number of rotatable bonds is 7. The zero-order valence-electron chi connectivity index (χ0n) is 30.8. The Hall–Kier alpha value is -2.37. The number of aryl methyl sites for hydroxylation is 1. The predicted molar refractivity (Wildman–Crippen MR) is 211 cm³/mol. The number of piperazine rings is 1. The van der Waals surface area contributed by atoms with E-state index in [1.165, 1.54) is 57.5 Å². The summed E-state index contributed by atoms with van der Waals surface area (Å²) < 4.78 is 13.3. The van der Waals surface area contributed by atoms with Gasteiger partial charge in [-0.15, -0.1) is 0 Å². The van der Waals surface area contributed by atoms with Crippen LogP contribution in [0.4, 0.5) is 10.8 Å². The lowest BCUT2D eigenvalue weighted by Gasteiger charge is -2.31. The second kappa shape index (κ2) is 17.5. The van der Waals surface area contributed by atoms with Crippen molar-refractivity contribution in [2.45, 2.75) is 104 Å². The molecule has 0 aliphatic carbocycles. The highest BCUT2D eigenvalue weighted by atomic mass is 32.1. The summed E-state index contributed by atoms with van der Waals surface area (Å²) in [5.74, 6) is 1.85. The molecule has 0 bridgehead atoms. The topological polar surface area (TPSA) is 78.0 Å². The van der Waals surface area contributed by atoms with Gasteiger partial charge in [0.05, 0.1) is 5.69 Å². The molecule has 4 aromatic rings. The van der Waals surface area contributed by atoms with Gasteiger partial charge in [-0.05, 0) is 107 Å². The molecule has 1 unspecified atom stereocenters. The highest BCUT2D eigenvalue weighted by Gasteiger charge is 2.24. The Morgan fingerprint density at radius 2 is 1.46 bits per heavy atom. The molecular formula is C38H59N7S3. The van der Waals surface area contributed by atoms with Crippen LogP contribution in [0.15, 0.2) is 48.7 Å². The summed E-state index contributed by atoms with van der Waals surface area (Å²) in [6, 6.07) is 14.8. The van der Waals surface area contributed by atoms with E-state index in [4.69, 9.17) is 0 Å². The van der Waals surface area contributed by atoms with Crippen LogP contribution in [0.3, 0.4) is 0 Å². The summed E-state index contributed by atoms with van der Waals surface area (Å²) in [5, 5.41) is 11.5. The fraction of sp³-hybridized carbons (Fsp3) is 0.605. The van der Waals surface area contributed by atoms with E-state index in [1.807, 2.05) is 12.3 Å². The van der Waals surface area contributed by atoms with Crippen LogP contribution in [0, 0.1) is 5.92 Å². The molecule has 0 spiro atoms. The maximum atomic E-state index is 4.56. The summed E-state index contributed by atoms with van der Waals surface area (Å²) in [5.41, 5.74) is 4.59. The van der Waals surface area contributed by atoms with Crippen LogP contribution in [0.1, 0.15) is 102 Å². The van der Waals surface area contributed by atoms with E-state index in [-0.39, 0.29) is 16.2 Å². The van der Waals surface area contributed by atoms with Gasteiger partial charge < -0.3 is 20.9 Å². The van der Waals surface area contributed by atoms with Crippen molar-refractivity contribution >= 4 is 45.4 Å². The summed E-state index contributed by atoms with van der Waals surface area (Å²) in [6.45, 7) is 27.8. The van der Waals surface area contributed by atoms with E-state index in [1.54, 1.807) is 34.6 Å². The van der Waals surface area contributed by atoms with Crippen molar-refractivity contribution in [1.29, 1.82) is 0 Å². The molecule has 0 saturated carbocycles. The molecule has 0 amide bonds. The highest BCUT2D eigenvalue weighted by Crippen LogP contribution is 2.35. The van der Waals surface area contributed by atoms with Gasteiger partial charge in [0.25, 0.3) is 0 Å². The van der Waals surface area contributed by atoms with Crippen LogP contribution in [0.2, 0.25) is 0 Å². The molecule has 10 heteroatoms. The largest absolute Gasteiger partial charge is 0.365 e. The second-order valence-corrected chi connectivity index (χ2v) is 18.4. The molecule has 2 fully saturated rings. The molecular weight excluding hydrogens is 651 g/mol. The van der Waals surface area contributed by atoms with Crippen molar-refractivity contribution in [2.24, 2.45) is 5.92 Å². The number of aromatic nitrogens is 3. The molecule has 48 heavy (non-hydrogen) atoms. The summed E-state index contributed by atoms with van der Waals surface area (Å²) in [7, 11) is 0. The average Bonchev–Trinajstić information content (AvgIpc) is 3.86. The van der Waals surface area contributed by atoms with Crippen LogP contribution >= 0.6 is 34.6 Å². The van der Waals surface area contributed by atoms with Gasteiger partial charge in [-0.25, -0.2) is 0 Å². The zero-order valence-corrected chi connectivity index (χ0v) is 33.2. The molecule has 1 aromatic carbocycles. The van der Waals surface area contributed by atoms with E-state index in [0.717, 1.165) is 50.9 Å². The van der Waals surface area contributed by atoms with Crippen molar-refractivity contribution in [1.82, 2.24) is 23.8 Å². The van der Waals surface area contributed by atoms with E-state index in [2.05, 4.69) is 133 Å². The standard InChI is InChI=1S/C14H18N2S.C13H22N2S.C11H19N3S/c1-14(2,3)12-9-13(16-17-12)15-10-11-7-5-4-6-8-11;1-13(2,3)12-8-11(15-16-12)5-4-10-6-7-14-9-10;1-11(2,3)9-8-13-15-10(9)14-6-4-12-5-7-14/h4-9H,10H2,1-3H3,(H,15,16);8,10,14H,4-7,9H2,1-3H3;8,12H,4-7H2,1-3H3. The first kappa shape index (κ1) is 38.4. The number of nitrogens with zero attached hydrogens (tertiary/aromatic N) is 4. The minimum absolute atomic E-state index is 0.185. The molecule has 2 aliphatic heterocycles. The summed E-state index contributed by atoms with van der Waals surface area (Å²) >= 11 is 4.88. The summed E-state index contributed by atoms with van der Waals surface area (Å²) in [4.78, 5) is 5.18. The van der Waals surface area contributed by atoms with Crippen LogP contribution in [-0.2, 0) is 29.2 Å². The van der Waals surface area contributed by atoms with Crippen LogP contribution in [-0.4, -0.2) is 52.4 Å². The first-order valence-electron chi connectivity index (χ1n) is 17.5. The predicted octanol–water partition coefficient (Wildman–Crippen LogP) is 8.89. The molecule has 7 nitrogen and oxygen atoms in total. The fourth-order valence-corrected chi connectivity index (χ4v) is 8.03. The van der Waals surface area contributed by atoms with Crippen molar-refractivity contribution in [3.63, 3.8) is 0 Å². The number of hydrogen-bond donors (Lipinski definition) is 3. The number of hydrogen-bond acceptors (Lipinski definition) is 10. The first-order valence-corrected chi connectivity index (χ1v) is 19.8. The molecule has 1 atom stereocenters. The quantitative estimate of drug-likeness (QED) is 0.177. The Morgan fingerprint density at radius 3 is 2.04 bits per heavy atom. The van der Waals surface area contributed by atoms with Crippen molar-refractivity contribution in [3.8, 4) is 0 Å². The van der Waals surface area contributed by atoms with Gasteiger partial charge in [0.15, 0.2) is 0 Å². The number of nitrogens with one attached hydrogen (secondary N) is 3. The Labute approximate surface area is 302 Å². The van der Waals surface area contributed by atoms with Gasteiger partial charge >= 0.3 is 0 Å². The van der Waals surface area contributed by atoms with Crippen LogP contribution in [0.25, 0.3) is 0 Å². The van der Waals surface area contributed by atoms with Gasteiger partial charge in [-0.1, -0.05) is 92.6 Å². The Bertz CT molecular complexity index is 1480. The normalized spacial score (nSPS) is 16.9. The van der Waals surface area contributed by atoms with Crippen LogP contribution in [0.5, 0.6) is 0 Å². The molecule has 264 valence electrons. The van der Waals surface area contributed by atoms with Crippen LogP contribution < -0.4 is 20.9 Å². The van der Waals surface area contributed by atoms with Gasteiger partial charge in [0.1, 0.15) is 10.8 Å². The third kappa shape index (κ3) is 12.2. The van der Waals surface area contributed by atoms with Crippen molar-refractivity contribution in [2.75, 3.05) is 49.5 Å². The molecule has 3 N–H and O–H groups in total.